The lowest BCUT2D eigenvalue weighted by Gasteiger charge is -2.50. The van der Waals surface area contributed by atoms with E-state index >= 15 is 0 Å². The molecule has 16 heavy (non-hydrogen) atoms. The van der Waals surface area contributed by atoms with Crippen LogP contribution in [0.4, 0.5) is 0 Å². The van der Waals surface area contributed by atoms with Crippen LogP contribution in [-0.2, 0) is 4.74 Å². The Labute approximate surface area is 99.3 Å². The third-order valence-electron chi connectivity index (χ3n) is 5.96. The summed E-state index contributed by atoms with van der Waals surface area (Å²) in [6.07, 6.45) is 7.13. The molecule has 0 bridgehead atoms. The number of hydrogen-bond donors (Lipinski definition) is 0. The van der Waals surface area contributed by atoms with Crippen LogP contribution in [0.2, 0.25) is 0 Å². The highest BCUT2D eigenvalue weighted by molar-refractivity contribution is 5.21. The molecule has 0 aromatic heterocycles. The van der Waals surface area contributed by atoms with Gasteiger partial charge in [0.05, 0.1) is 6.10 Å². The van der Waals surface area contributed by atoms with Gasteiger partial charge in [-0.05, 0) is 50.9 Å². The van der Waals surface area contributed by atoms with Crippen LogP contribution in [0.25, 0.3) is 0 Å². The van der Waals surface area contributed by atoms with Crippen LogP contribution >= 0.6 is 0 Å². The van der Waals surface area contributed by atoms with Gasteiger partial charge in [-0.25, -0.2) is 0 Å². The highest BCUT2D eigenvalue weighted by atomic mass is 16.6. The molecular weight excluding hydrogens is 196 g/mol. The second kappa shape index (κ2) is 3.13. The van der Waals surface area contributed by atoms with Gasteiger partial charge in [0.15, 0.2) is 0 Å². The zero-order valence-electron chi connectivity index (χ0n) is 10.9. The van der Waals surface area contributed by atoms with Gasteiger partial charge in [-0.1, -0.05) is 26.0 Å². The Balaban J connectivity index is 1.90. The highest BCUT2D eigenvalue weighted by Crippen LogP contribution is 2.67. The first-order valence-corrected chi connectivity index (χ1v) is 6.83. The van der Waals surface area contributed by atoms with Crippen molar-refractivity contribution >= 4 is 0 Å². The van der Waals surface area contributed by atoms with Gasteiger partial charge in [-0.2, -0.15) is 0 Å². The highest BCUT2D eigenvalue weighted by Gasteiger charge is 2.71. The molecular formula is C15H24O. The minimum Gasteiger partial charge on any atom is -0.365 e. The molecule has 3 aliphatic rings. The molecule has 0 radical (unpaired) electrons. The van der Waals surface area contributed by atoms with E-state index in [1.54, 1.807) is 0 Å². The monoisotopic (exact) mass is 220 g/mol. The van der Waals surface area contributed by atoms with E-state index in [1.165, 1.54) is 37.7 Å². The Bertz CT molecular complexity index is 334. The summed E-state index contributed by atoms with van der Waals surface area (Å²) in [7, 11) is 0. The van der Waals surface area contributed by atoms with Crippen LogP contribution in [0.1, 0.15) is 52.9 Å². The van der Waals surface area contributed by atoms with E-state index in [9.17, 15) is 0 Å². The third-order valence-corrected chi connectivity index (χ3v) is 5.96. The van der Waals surface area contributed by atoms with Crippen molar-refractivity contribution in [1.29, 1.82) is 0 Å². The number of allylic oxidation sites excluding steroid dienone is 1. The maximum Gasteiger partial charge on any atom is 0.100 e. The van der Waals surface area contributed by atoms with E-state index in [4.69, 9.17) is 4.74 Å². The van der Waals surface area contributed by atoms with Gasteiger partial charge in [0, 0.05) is 5.41 Å². The van der Waals surface area contributed by atoms with E-state index in [0.717, 1.165) is 11.8 Å². The summed E-state index contributed by atoms with van der Waals surface area (Å²) >= 11 is 0. The molecule has 1 heteroatoms. The van der Waals surface area contributed by atoms with E-state index in [-0.39, 0.29) is 5.60 Å². The SMILES string of the molecule is C=C(C)[C@@H]1CC[C@]23O[C@H]2CC[C@H](C)[C@@]3(C)C1. The molecule has 2 saturated carbocycles. The number of ether oxygens (including phenoxy) is 1. The first-order chi connectivity index (χ1) is 7.49. The zero-order chi connectivity index (χ0) is 11.6. The lowest BCUT2D eigenvalue weighted by atomic mass is 9.53. The summed E-state index contributed by atoms with van der Waals surface area (Å²) in [5.41, 5.74) is 2.07. The summed E-state index contributed by atoms with van der Waals surface area (Å²) < 4.78 is 6.14. The molecule has 90 valence electrons. The minimum absolute atomic E-state index is 0.274. The average Bonchev–Trinajstić information content (AvgIpc) is 2.94. The molecule has 1 heterocycles. The third kappa shape index (κ3) is 1.16. The van der Waals surface area contributed by atoms with Crippen LogP contribution in [0.3, 0.4) is 0 Å². The Morgan fingerprint density at radius 2 is 2.06 bits per heavy atom. The standard InChI is InChI=1S/C15H24O/c1-10(2)12-7-8-15-13(16-15)6-5-11(3)14(15,4)9-12/h11-13H,1,5-9H2,2-4H3/t11-,12+,13-,14+,15-/m0/s1. The predicted octanol–water partition coefficient (Wildman–Crippen LogP) is 3.94. The molecule has 1 nitrogen and oxygen atoms in total. The fourth-order valence-corrected chi connectivity index (χ4v) is 4.45. The van der Waals surface area contributed by atoms with Crippen LogP contribution in [-0.4, -0.2) is 11.7 Å². The van der Waals surface area contributed by atoms with Gasteiger partial charge < -0.3 is 4.74 Å². The molecule has 0 N–H and O–H groups in total. The van der Waals surface area contributed by atoms with Crippen molar-refractivity contribution in [2.45, 2.75) is 64.6 Å². The van der Waals surface area contributed by atoms with E-state index in [0.29, 0.717) is 11.5 Å². The van der Waals surface area contributed by atoms with Gasteiger partial charge in [0.25, 0.3) is 0 Å². The van der Waals surface area contributed by atoms with Crippen molar-refractivity contribution in [3.63, 3.8) is 0 Å². The second-order valence-corrected chi connectivity index (χ2v) is 6.68. The summed E-state index contributed by atoms with van der Waals surface area (Å²) in [5, 5.41) is 0. The number of epoxide rings is 1. The maximum atomic E-state index is 6.14. The van der Waals surface area contributed by atoms with E-state index in [2.05, 4.69) is 27.4 Å². The van der Waals surface area contributed by atoms with Crippen molar-refractivity contribution < 1.29 is 4.74 Å². The molecule has 5 atom stereocenters. The Kier molecular flexibility index (Phi) is 2.12. The van der Waals surface area contributed by atoms with Gasteiger partial charge in [-0.3, -0.25) is 0 Å². The lowest BCUT2D eigenvalue weighted by molar-refractivity contribution is -0.00642. The lowest BCUT2D eigenvalue weighted by Crippen LogP contribution is -2.50. The van der Waals surface area contributed by atoms with E-state index < -0.39 is 0 Å². The molecule has 0 amide bonds. The second-order valence-electron chi connectivity index (χ2n) is 6.68. The van der Waals surface area contributed by atoms with Gasteiger partial charge >= 0.3 is 0 Å². The minimum atomic E-state index is 0.274. The van der Waals surface area contributed by atoms with Crippen molar-refractivity contribution in [3.8, 4) is 0 Å². The van der Waals surface area contributed by atoms with Crippen molar-refractivity contribution in [2.75, 3.05) is 0 Å². The normalized spacial score (nSPS) is 55.1. The summed E-state index contributed by atoms with van der Waals surface area (Å²) in [4.78, 5) is 0. The molecule has 2 aliphatic carbocycles. The smallest absolute Gasteiger partial charge is 0.100 e. The Morgan fingerprint density at radius 3 is 2.75 bits per heavy atom. The van der Waals surface area contributed by atoms with Gasteiger partial charge in [-0.15, -0.1) is 0 Å². The van der Waals surface area contributed by atoms with Crippen LogP contribution < -0.4 is 0 Å². The Hall–Kier alpha value is -0.300. The Morgan fingerprint density at radius 1 is 1.31 bits per heavy atom. The van der Waals surface area contributed by atoms with Crippen molar-refractivity contribution in [3.05, 3.63) is 12.2 Å². The molecule has 1 spiro atoms. The molecule has 0 aromatic carbocycles. The average molecular weight is 220 g/mol. The largest absolute Gasteiger partial charge is 0.365 e. The fourth-order valence-electron chi connectivity index (χ4n) is 4.45. The van der Waals surface area contributed by atoms with Crippen molar-refractivity contribution in [2.24, 2.45) is 17.3 Å². The van der Waals surface area contributed by atoms with Crippen LogP contribution in [0.5, 0.6) is 0 Å². The first-order valence-electron chi connectivity index (χ1n) is 6.83. The predicted molar refractivity (Wildman–Crippen MR) is 66.3 cm³/mol. The molecule has 1 aliphatic heterocycles. The van der Waals surface area contributed by atoms with E-state index in [1.807, 2.05) is 0 Å². The molecule has 3 fully saturated rings. The maximum absolute atomic E-state index is 6.14. The quantitative estimate of drug-likeness (QED) is 0.482. The summed E-state index contributed by atoms with van der Waals surface area (Å²) in [6, 6.07) is 0. The summed E-state index contributed by atoms with van der Waals surface area (Å²) in [6.45, 7) is 11.3. The topological polar surface area (TPSA) is 12.5 Å². The molecule has 3 rings (SSSR count). The fraction of sp³-hybridized carbons (Fsp3) is 0.867. The number of rotatable bonds is 1. The van der Waals surface area contributed by atoms with Crippen LogP contribution in [0, 0.1) is 17.3 Å². The van der Waals surface area contributed by atoms with Crippen molar-refractivity contribution in [1.82, 2.24) is 0 Å². The van der Waals surface area contributed by atoms with Gasteiger partial charge in [0.1, 0.15) is 5.60 Å². The number of hydrogen-bond acceptors (Lipinski definition) is 1. The van der Waals surface area contributed by atoms with Gasteiger partial charge in [0.2, 0.25) is 0 Å². The molecule has 0 unspecified atom stereocenters. The molecule has 0 aromatic rings. The first kappa shape index (κ1) is 10.8. The van der Waals surface area contributed by atoms with Crippen LogP contribution in [0.15, 0.2) is 12.2 Å². The summed E-state index contributed by atoms with van der Waals surface area (Å²) in [5.74, 6) is 1.55. The zero-order valence-corrected chi connectivity index (χ0v) is 10.9. The molecule has 1 saturated heterocycles.